The summed E-state index contributed by atoms with van der Waals surface area (Å²) in [7, 11) is 0. The lowest BCUT2D eigenvalue weighted by Gasteiger charge is -2.12. The number of nitrogens with two attached hydrogens (primary N) is 1. The van der Waals surface area contributed by atoms with E-state index < -0.39 is 0 Å². The predicted molar refractivity (Wildman–Crippen MR) is 48.4 cm³/mol. The number of nitrogen functional groups attached to an aromatic ring is 1. The van der Waals surface area contributed by atoms with Gasteiger partial charge in [0.25, 0.3) is 0 Å². The van der Waals surface area contributed by atoms with Gasteiger partial charge in [0, 0.05) is 17.9 Å². The molecule has 1 heterocycles. The molecule has 2 nitrogen and oxygen atoms in total. The zero-order chi connectivity index (χ0) is 8.55. The van der Waals surface area contributed by atoms with Gasteiger partial charge in [-0.3, -0.25) is 0 Å². The minimum absolute atomic E-state index is 0.650. The Kier molecular flexibility index (Phi) is 1.10. The van der Waals surface area contributed by atoms with E-state index in [9.17, 15) is 0 Å². The molecule has 11 heavy (non-hydrogen) atoms. The Morgan fingerprint density at radius 3 is 3.36 bits per heavy atom. The Balaban J connectivity index is 2.55. The van der Waals surface area contributed by atoms with Crippen LogP contribution < -0.4 is 11.0 Å². The predicted octanol–water partition coefficient (Wildman–Crippen LogP) is 1.71. The number of nitrogens with one attached hydrogen (secondary N) is 1. The summed E-state index contributed by atoms with van der Waals surface area (Å²) in [6.07, 6.45) is 3.95. The molecule has 1 aliphatic rings. The van der Waals surface area contributed by atoms with E-state index in [2.05, 4.69) is 0 Å². The van der Waals surface area contributed by atoms with Crippen LogP contribution in [-0.4, -0.2) is 6.54 Å². The van der Waals surface area contributed by atoms with Gasteiger partial charge in [-0.25, -0.2) is 0 Å². The van der Waals surface area contributed by atoms with E-state index in [1.807, 2.05) is 30.4 Å². The van der Waals surface area contributed by atoms with Gasteiger partial charge < -0.3 is 11.0 Å². The highest BCUT2D eigenvalue weighted by Gasteiger charge is 2.01. The third-order valence-electron chi connectivity index (χ3n) is 1.72. The van der Waals surface area contributed by atoms with Crippen LogP contribution in [0, 0.1) is 0 Å². The fourth-order valence-corrected chi connectivity index (χ4v) is 1.18. The molecule has 56 valence electrons. The number of benzene rings is 1. The summed E-state index contributed by atoms with van der Waals surface area (Å²) in [4.78, 5) is 0. The monoisotopic (exact) mass is 147 g/mol. The van der Waals surface area contributed by atoms with Crippen molar-refractivity contribution in [3.63, 3.8) is 0 Å². The summed E-state index contributed by atoms with van der Waals surface area (Å²) >= 11 is 0. The van der Waals surface area contributed by atoms with Crippen LogP contribution in [0.1, 0.15) is 5.56 Å². The van der Waals surface area contributed by atoms with Gasteiger partial charge in [-0.15, -0.1) is 0 Å². The third-order valence-corrected chi connectivity index (χ3v) is 1.72. The fourth-order valence-electron chi connectivity index (χ4n) is 1.18. The molecule has 0 spiro atoms. The smallest absolute Gasteiger partial charge is 0.160 e. The molecule has 0 atom stereocenters. The van der Waals surface area contributed by atoms with E-state index in [1.54, 1.807) is 0 Å². The van der Waals surface area contributed by atoms with Gasteiger partial charge in [0.2, 0.25) is 0 Å². The molecule has 0 saturated carbocycles. The normalized spacial score (nSPS) is 16.0. The lowest BCUT2D eigenvalue weighted by molar-refractivity contribution is 1.31. The first-order valence-corrected chi connectivity index (χ1v) is 3.60. The Morgan fingerprint density at radius 2 is 2.45 bits per heavy atom. The molecule has 1 aliphatic heterocycles. The van der Waals surface area contributed by atoms with Crippen LogP contribution in [0.4, 0.5) is 11.4 Å². The molecular formula is C9H10N2. The molecule has 0 saturated heterocycles. The Bertz CT molecular complexity index is 333. The second kappa shape index (κ2) is 2.31. The summed E-state index contributed by atoms with van der Waals surface area (Å²) in [6.45, 7) is 0.650. The van der Waals surface area contributed by atoms with Crippen molar-refractivity contribution in [1.29, 1.82) is 0 Å². The van der Waals surface area contributed by atoms with Crippen molar-refractivity contribution in [3.8, 4) is 0 Å². The SMILES string of the molecule is [2H]N1CC=Cc2cc(N)ccc21. The molecule has 2 rings (SSSR count). The van der Waals surface area contributed by atoms with E-state index in [0.717, 1.165) is 16.9 Å². The molecule has 0 radical (unpaired) electrons. The standard InChI is InChI=1S/C9H10N2/c10-8-3-4-9-7(6-8)2-1-5-11-9/h1-4,6,11H,5,10H2/i/hD. The molecule has 3 N–H and O–H groups in total. The van der Waals surface area contributed by atoms with Crippen LogP contribution in [0.3, 0.4) is 0 Å². The van der Waals surface area contributed by atoms with Crippen LogP contribution in [0.5, 0.6) is 0 Å². The minimum Gasteiger partial charge on any atom is -0.399 e. The van der Waals surface area contributed by atoms with Crippen molar-refractivity contribution in [2.75, 3.05) is 17.6 Å². The number of hydrogen-bond donors (Lipinski definition) is 2. The largest absolute Gasteiger partial charge is 0.399 e. The maximum Gasteiger partial charge on any atom is 0.160 e. The van der Waals surface area contributed by atoms with Gasteiger partial charge in [-0.2, -0.15) is 0 Å². The second-order valence-corrected chi connectivity index (χ2v) is 2.56. The topological polar surface area (TPSA) is 38.0 Å². The van der Waals surface area contributed by atoms with E-state index in [0.29, 0.717) is 6.54 Å². The van der Waals surface area contributed by atoms with Gasteiger partial charge in [0.15, 0.2) is 1.41 Å². The van der Waals surface area contributed by atoms with Crippen molar-refractivity contribution >= 4 is 17.5 Å². The van der Waals surface area contributed by atoms with Crippen molar-refractivity contribution in [2.45, 2.75) is 0 Å². The highest BCUT2D eigenvalue weighted by Crippen LogP contribution is 2.22. The van der Waals surface area contributed by atoms with Crippen molar-refractivity contribution < 1.29 is 1.41 Å². The molecule has 0 aliphatic carbocycles. The van der Waals surface area contributed by atoms with Gasteiger partial charge in [0.1, 0.15) is 0 Å². The van der Waals surface area contributed by atoms with E-state index in [4.69, 9.17) is 7.15 Å². The fraction of sp³-hybridized carbons (Fsp3) is 0.111. The van der Waals surface area contributed by atoms with E-state index >= 15 is 0 Å². The lowest BCUT2D eigenvalue weighted by atomic mass is 10.1. The number of rotatable bonds is 0. The zero-order valence-corrected chi connectivity index (χ0v) is 6.12. The van der Waals surface area contributed by atoms with Crippen LogP contribution in [0.25, 0.3) is 6.08 Å². The molecule has 0 bridgehead atoms. The first-order chi connectivity index (χ1) is 5.77. The Hall–Kier alpha value is -1.44. The summed E-state index contributed by atoms with van der Waals surface area (Å²) < 4.78 is 7.57. The molecule has 0 aromatic heterocycles. The van der Waals surface area contributed by atoms with Crippen molar-refractivity contribution in [3.05, 3.63) is 29.8 Å². The van der Waals surface area contributed by atoms with Gasteiger partial charge in [-0.1, -0.05) is 12.2 Å². The van der Waals surface area contributed by atoms with E-state index in [-0.39, 0.29) is 0 Å². The summed E-state index contributed by atoms with van der Waals surface area (Å²) in [5.74, 6) is 0. The summed E-state index contributed by atoms with van der Waals surface area (Å²) in [5, 5.41) is 1.45. The zero-order valence-electron chi connectivity index (χ0n) is 7.12. The molecule has 1 aromatic carbocycles. The second-order valence-electron chi connectivity index (χ2n) is 2.56. The molecule has 2 heteroatoms. The number of hydrogen-bond acceptors (Lipinski definition) is 2. The molecular weight excluding hydrogens is 136 g/mol. The quantitative estimate of drug-likeness (QED) is 0.548. The maximum atomic E-state index is 7.57. The Morgan fingerprint density at radius 1 is 1.55 bits per heavy atom. The Labute approximate surface area is 67.2 Å². The highest BCUT2D eigenvalue weighted by atomic mass is 14.9. The maximum absolute atomic E-state index is 7.57. The van der Waals surface area contributed by atoms with Gasteiger partial charge in [-0.05, 0) is 23.8 Å². The van der Waals surface area contributed by atoms with Crippen LogP contribution in [0.15, 0.2) is 24.3 Å². The van der Waals surface area contributed by atoms with Crippen molar-refractivity contribution in [2.24, 2.45) is 0 Å². The first-order valence-electron chi connectivity index (χ1n) is 4.04. The lowest BCUT2D eigenvalue weighted by Crippen LogP contribution is -2.04. The highest BCUT2D eigenvalue weighted by molar-refractivity contribution is 5.72. The summed E-state index contributed by atoms with van der Waals surface area (Å²) in [6, 6.07) is 5.58. The molecule has 0 amide bonds. The average molecular weight is 147 g/mol. The van der Waals surface area contributed by atoms with E-state index in [1.165, 1.54) is 5.31 Å². The van der Waals surface area contributed by atoms with Crippen LogP contribution in [0.2, 0.25) is 1.41 Å². The molecule has 1 aromatic rings. The minimum atomic E-state index is 0.650. The number of anilines is 2. The van der Waals surface area contributed by atoms with Crippen molar-refractivity contribution in [1.82, 2.24) is 0 Å². The number of fused-ring (bicyclic) bond motifs is 1. The van der Waals surface area contributed by atoms with Crippen LogP contribution >= 0.6 is 0 Å². The van der Waals surface area contributed by atoms with Gasteiger partial charge >= 0.3 is 0 Å². The third kappa shape index (κ3) is 1.07. The average Bonchev–Trinajstić information content (AvgIpc) is 2.04. The molecule has 0 fully saturated rings. The van der Waals surface area contributed by atoms with Gasteiger partial charge in [0.05, 0.1) is 0 Å². The van der Waals surface area contributed by atoms with Crippen LogP contribution in [-0.2, 0) is 0 Å². The summed E-state index contributed by atoms with van der Waals surface area (Å²) in [5.41, 5.74) is 8.31. The molecule has 0 unspecified atom stereocenters. The first kappa shape index (κ1) is 5.24.